The van der Waals surface area contributed by atoms with E-state index in [0.717, 1.165) is 65.0 Å². The molecule has 0 bridgehead atoms. The zero-order valence-corrected chi connectivity index (χ0v) is 26.5. The van der Waals surface area contributed by atoms with Crippen LogP contribution in [-0.4, -0.2) is 45.3 Å². The Kier molecular flexibility index (Phi) is 8.79. The third-order valence-corrected chi connectivity index (χ3v) is 9.87. The van der Waals surface area contributed by atoms with Gasteiger partial charge in [-0.25, -0.2) is 9.98 Å². The second-order valence-corrected chi connectivity index (χ2v) is 12.8. The molecule has 1 aromatic carbocycles. The Morgan fingerprint density at radius 2 is 1.98 bits per heavy atom. The van der Waals surface area contributed by atoms with Crippen LogP contribution in [0.3, 0.4) is 0 Å². The minimum Gasteiger partial charge on any atom is -0.352 e. The topological polar surface area (TPSA) is 87.8 Å². The fourth-order valence-electron chi connectivity index (χ4n) is 6.53. The normalized spacial score (nSPS) is 19.2. The van der Waals surface area contributed by atoms with Crippen LogP contribution in [0.4, 0.5) is 5.82 Å². The van der Waals surface area contributed by atoms with E-state index in [1.165, 1.54) is 55.1 Å². The number of allylic oxidation sites excluding steroid dienone is 1. The Labute approximate surface area is 258 Å². The summed E-state index contributed by atoms with van der Waals surface area (Å²) < 4.78 is 2.19. The predicted octanol–water partition coefficient (Wildman–Crippen LogP) is 6.86. The van der Waals surface area contributed by atoms with Crippen molar-refractivity contribution in [1.82, 2.24) is 20.1 Å². The second kappa shape index (κ2) is 12.9. The lowest BCUT2D eigenvalue weighted by Crippen LogP contribution is -2.34. The van der Waals surface area contributed by atoms with Gasteiger partial charge in [-0.05, 0) is 86.5 Å². The molecule has 1 N–H and O–H groups in total. The van der Waals surface area contributed by atoms with Crippen LogP contribution in [0.2, 0.25) is 0 Å². The van der Waals surface area contributed by atoms with Gasteiger partial charge >= 0.3 is 0 Å². The number of hydrogen-bond acceptors (Lipinski definition) is 6. The van der Waals surface area contributed by atoms with Crippen LogP contribution < -0.4 is 10.2 Å². The van der Waals surface area contributed by atoms with Crippen LogP contribution in [-0.2, 0) is 19.5 Å². The van der Waals surface area contributed by atoms with Crippen LogP contribution in [0.15, 0.2) is 57.5 Å². The molecule has 0 atom stereocenters. The summed E-state index contributed by atoms with van der Waals surface area (Å²) >= 11 is 1.46. The average Bonchev–Trinajstić information content (AvgIpc) is 3.58. The fourth-order valence-corrected chi connectivity index (χ4v) is 7.49. The van der Waals surface area contributed by atoms with Crippen LogP contribution in [0.1, 0.15) is 78.3 Å². The minimum absolute atomic E-state index is 0.140. The first-order valence-corrected chi connectivity index (χ1v) is 16.4. The molecule has 2 aliphatic heterocycles. The zero-order valence-electron chi connectivity index (χ0n) is 25.7. The summed E-state index contributed by atoms with van der Waals surface area (Å²) in [5.41, 5.74) is 7.45. The smallest absolute Gasteiger partial charge is 0.257 e. The Morgan fingerprint density at radius 1 is 1.14 bits per heavy atom. The maximum Gasteiger partial charge on any atom is 0.257 e. The molecule has 1 saturated carbocycles. The minimum atomic E-state index is -0.140. The number of benzene rings is 1. The van der Waals surface area contributed by atoms with Gasteiger partial charge < -0.3 is 10.2 Å². The number of hydrogen-bond donors (Lipinski definition) is 1. The predicted molar refractivity (Wildman–Crippen MR) is 177 cm³/mol. The lowest BCUT2D eigenvalue weighted by molar-refractivity contribution is 0.0977. The molecule has 4 heterocycles. The summed E-state index contributed by atoms with van der Waals surface area (Å²) in [6.45, 7) is 8.84. The highest BCUT2D eigenvalue weighted by atomic mass is 32.2. The van der Waals surface area contributed by atoms with Gasteiger partial charge in [-0.2, -0.15) is 5.10 Å². The highest BCUT2D eigenvalue weighted by Crippen LogP contribution is 2.32. The molecule has 0 unspecified atom stereocenters. The molecule has 8 nitrogen and oxygen atoms in total. The lowest BCUT2D eigenvalue weighted by Gasteiger charge is -2.31. The third kappa shape index (κ3) is 6.18. The number of amides is 1. The summed E-state index contributed by atoms with van der Waals surface area (Å²) in [6.07, 6.45) is 12.5. The van der Waals surface area contributed by atoms with Crippen molar-refractivity contribution in [3.05, 3.63) is 75.6 Å². The Morgan fingerprint density at radius 3 is 2.74 bits per heavy atom. The molecular weight excluding hydrogens is 554 g/mol. The number of nitrogens with one attached hydrogen (secondary N) is 1. The molecule has 1 amide bonds. The molecule has 6 rings (SSSR count). The number of thioether (sulfide) groups is 1. The first kappa shape index (κ1) is 29.4. The number of anilines is 1. The van der Waals surface area contributed by atoms with Gasteiger partial charge in [0, 0.05) is 54.8 Å². The molecule has 224 valence electrons. The van der Waals surface area contributed by atoms with E-state index < -0.39 is 0 Å². The van der Waals surface area contributed by atoms with Gasteiger partial charge in [0.2, 0.25) is 0 Å². The van der Waals surface area contributed by atoms with Gasteiger partial charge in [-0.3, -0.25) is 14.5 Å². The van der Waals surface area contributed by atoms with Gasteiger partial charge in [-0.1, -0.05) is 44.4 Å². The molecule has 2 aromatic heterocycles. The number of fused-ring (bicyclic) bond motifs is 1. The van der Waals surface area contributed by atoms with E-state index in [9.17, 15) is 4.79 Å². The van der Waals surface area contributed by atoms with Crippen LogP contribution >= 0.6 is 11.8 Å². The summed E-state index contributed by atoms with van der Waals surface area (Å²) in [4.78, 5) is 30.6. The molecule has 9 heteroatoms. The highest BCUT2D eigenvalue weighted by molar-refractivity contribution is 8.18. The SMILES string of the molecule is CC/C=C1/SC(NC(=O)c2cccc3c2CN(c2ccc(-c4cnn(CC5CCCCC5)c4C)c(C)n2)CC3)=NC1=NC. The summed E-state index contributed by atoms with van der Waals surface area (Å²) in [5.74, 6) is 2.19. The van der Waals surface area contributed by atoms with Crippen molar-refractivity contribution in [2.75, 3.05) is 18.5 Å². The molecule has 3 aromatic rings. The van der Waals surface area contributed by atoms with E-state index in [4.69, 9.17) is 10.1 Å². The standard InChI is InChI=1S/C34H41N7OS/c1-5-10-30-32(35-4)38-34(43-30)39-33(42)27-14-9-13-25-17-18-40(21-29(25)27)31-16-15-26(22(2)37-31)28-19-36-41(23(28)3)20-24-11-7-6-8-12-24/h9-10,13-16,19,24H,5-8,11-12,17-18,20-21H2,1-4H3,(H,35,38,39,42)/b30-10+. The summed E-state index contributed by atoms with van der Waals surface area (Å²) in [5, 5.41) is 8.37. The van der Waals surface area contributed by atoms with Crippen molar-refractivity contribution in [2.24, 2.45) is 15.9 Å². The largest absolute Gasteiger partial charge is 0.352 e. The Balaban J connectivity index is 1.18. The molecular formula is C34H41N7OS. The van der Waals surface area contributed by atoms with E-state index in [-0.39, 0.29) is 5.91 Å². The molecule has 0 radical (unpaired) electrons. The summed E-state index contributed by atoms with van der Waals surface area (Å²) in [7, 11) is 1.73. The van der Waals surface area contributed by atoms with Gasteiger partial charge in [0.05, 0.1) is 11.1 Å². The molecule has 1 aliphatic carbocycles. The second-order valence-electron chi connectivity index (χ2n) is 11.7. The van der Waals surface area contributed by atoms with E-state index in [0.29, 0.717) is 23.1 Å². The first-order valence-electron chi connectivity index (χ1n) is 15.6. The fraction of sp³-hybridized carbons (Fsp3) is 0.441. The number of aryl methyl sites for hydroxylation is 1. The third-order valence-electron chi connectivity index (χ3n) is 8.92. The number of aromatic nitrogens is 3. The number of amidine groups is 2. The van der Waals surface area contributed by atoms with Gasteiger partial charge in [-0.15, -0.1) is 0 Å². The Hall–Kier alpha value is -3.72. The quantitative estimate of drug-likeness (QED) is 0.336. The van der Waals surface area contributed by atoms with Crippen molar-refractivity contribution in [3.63, 3.8) is 0 Å². The molecule has 0 spiro atoms. The maximum atomic E-state index is 13.5. The highest BCUT2D eigenvalue weighted by Gasteiger charge is 2.26. The monoisotopic (exact) mass is 595 g/mol. The van der Waals surface area contributed by atoms with Crippen molar-refractivity contribution in [3.8, 4) is 11.1 Å². The number of aliphatic imine (C=N–C) groups is 2. The number of carbonyl (C=O) groups is 1. The van der Waals surface area contributed by atoms with Crippen molar-refractivity contribution < 1.29 is 4.79 Å². The van der Waals surface area contributed by atoms with Crippen LogP contribution in [0.5, 0.6) is 0 Å². The van der Waals surface area contributed by atoms with Gasteiger partial charge in [0.25, 0.3) is 5.91 Å². The Bertz CT molecular complexity index is 1610. The molecule has 1 fully saturated rings. The number of nitrogens with zero attached hydrogens (tertiary/aromatic N) is 6. The summed E-state index contributed by atoms with van der Waals surface area (Å²) in [6, 6.07) is 10.3. The first-order chi connectivity index (χ1) is 20.9. The van der Waals surface area contributed by atoms with Gasteiger partial charge in [0.1, 0.15) is 5.82 Å². The molecule has 0 saturated heterocycles. The number of rotatable bonds is 6. The van der Waals surface area contributed by atoms with Crippen LogP contribution in [0.25, 0.3) is 11.1 Å². The number of carbonyl (C=O) groups excluding carboxylic acids is 1. The van der Waals surface area contributed by atoms with Crippen molar-refractivity contribution in [1.29, 1.82) is 0 Å². The van der Waals surface area contributed by atoms with E-state index in [1.54, 1.807) is 7.05 Å². The average molecular weight is 596 g/mol. The number of pyridine rings is 1. The van der Waals surface area contributed by atoms with E-state index in [2.05, 4.69) is 69.9 Å². The van der Waals surface area contributed by atoms with Gasteiger partial charge in [0.15, 0.2) is 11.0 Å². The van der Waals surface area contributed by atoms with E-state index >= 15 is 0 Å². The molecule has 43 heavy (non-hydrogen) atoms. The lowest BCUT2D eigenvalue weighted by atomic mass is 9.89. The van der Waals surface area contributed by atoms with Crippen molar-refractivity contribution >= 4 is 34.5 Å². The van der Waals surface area contributed by atoms with E-state index in [1.807, 2.05) is 18.3 Å². The van der Waals surface area contributed by atoms with Crippen LogP contribution in [0, 0.1) is 19.8 Å². The van der Waals surface area contributed by atoms with Crippen molar-refractivity contribution in [2.45, 2.75) is 78.8 Å². The zero-order chi connectivity index (χ0) is 29.9. The maximum absolute atomic E-state index is 13.5. The molecule has 3 aliphatic rings.